The molecule has 8 heteroatoms. The highest BCUT2D eigenvalue weighted by atomic mass is 19.4. The second kappa shape index (κ2) is 8.16. The van der Waals surface area contributed by atoms with Gasteiger partial charge in [-0.3, -0.25) is 4.79 Å². The van der Waals surface area contributed by atoms with Gasteiger partial charge in [0.2, 0.25) is 0 Å². The molecule has 28 heavy (non-hydrogen) atoms. The van der Waals surface area contributed by atoms with Gasteiger partial charge < -0.3 is 14.5 Å². The summed E-state index contributed by atoms with van der Waals surface area (Å²) in [6.07, 6.45) is -4.50. The van der Waals surface area contributed by atoms with Gasteiger partial charge in [0.15, 0.2) is 5.76 Å². The third-order valence-corrected chi connectivity index (χ3v) is 3.84. The lowest BCUT2D eigenvalue weighted by Crippen LogP contribution is -2.24. The van der Waals surface area contributed by atoms with E-state index in [2.05, 4.69) is 5.32 Å². The number of ether oxygens (including phenoxy) is 1. The van der Waals surface area contributed by atoms with Crippen LogP contribution >= 0.6 is 0 Å². The third kappa shape index (κ3) is 4.91. The molecule has 0 saturated heterocycles. The molecule has 0 aliphatic rings. The normalized spacial score (nSPS) is 11.3. The van der Waals surface area contributed by atoms with Crippen molar-refractivity contribution in [1.82, 2.24) is 5.32 Å². The summed E-state index contributed by atoms with van der Waals surface area (Å²) in [6.45, 7) is -0.285. The quantitative estimate of drug-likeness (QED) is 0.603. The minimum Gasteiger partial charge on any atom is -0.486 e. The molecule has 1 heterocycles. The van der Waals surface area contributed by atoms with E-state index in [1.165, 1.54) is 54.6 Å². The Balaban J connectivity index is 1.58. The molecule has 0 aliphatic heterocycles. The molecular weight excluding hydrogens is 378 g/mol. The number of halogens is 4. The smallest absolute Gasteiger partial charge is 0.416 e. The SMILES string of the molecule is O=C(NCc1ccccc1C(F)(F)F)c1ccc(COc2ccc(F)cc2)o1. The first-order valence-electron chi connectivity index (χ1n) is 8.23. The molecule has 1 amide bonds. The molecule has 1 aromatic heterocycles. The lowest BCUT2D eigenvalue weighted by Gasteiger charge is -2.12. The van der Waals surface area contributed by atoms with Crippen molar-refractivity contribution < 1.29 is 31.5 Å². The van der Waals surface area contributed by atoms with Crippen LogP contribution in [0.1, 0.15) is 27.4 Å². The van der Waals surface area contributed by atoms with Crippen molar-refractivity contribution in [2.45, 2.75) is 19.3 Å². The lowest BCUT2D eigenvalue weighted by atomic mass is 10.1. The van der Waals surface area contributed by atoms with Crippen LogP contribution in [0.2, 0.25) is 0 Å². The van der Waals surface area contributed by atoms with Crippen molar-refractivity contribution >= 4 is 5.91 Å². The van der Waals surface area contributed by atoms with E-state index in [1.54, 1.807) is 0 Å². The first kappa shape index (κ1) is 19.5. The summed E-state index contributed by atoms with van der Waals surface area (Å²) in [7, 11) is 0. The third-order valence-electron chi connectivity index (χ3n) is 3.84. The zero-order valence-corrected chi connectivity index (χ0v) is 14.4. The van der Waals surface area contributed by atoms with Crippen LogP contribution in [-0.4, -0.2) is 5.91 Å². The summed E-state index contributed by atoms with van der Waals surface area (Å²) in [5.74, 6) is -0.332. The van der Waals surface area contributed by atoms with E-state index in [4.69, 9.17) is 9.15 Å². The Labute approximate surface area is 157 Å². The van der Waals surface area contributed by atoms with Crippen molar-refractivity contribution in [2.75, 3.05) is 0 Å². The van der Waals surface area contributed by atoms with Crippen molar-refractivity contribution in [3.05, 3.63) is 89.1 Å². The lowest BCUT2D eigenvalue weighted by molar-refractivity contribution is -0.138. The number of benzene rings is 2. The van der Waals surface area contributed by atoms with Crippen LogP contribution in [0.15, 0.2) is 65.1 Å². The zero-order valence-electron chi connectivity index (χ0n) is 14.4. The van der Waals surface area contributed by atoms with Crippen molar-refractivity contribution in [1.29, 1.82) is 0 Å². The maximum atomic E-state index is 13.0. The van der Waals surface area contributed by atoms with Crippen LogP contribution in [0.4, 0.5) is 17.6 Å². The standard InChI is InChI=1S/C20H15F4NO3/c21-14-5-7-15(8-6-14)27-12-16-9-10-18(28-16)19(26)25-11-13-3-1-2-4-17(13)20(22,23)24/h1-10H,11-12H2,(H,25,26). The Hall–Kier alpha value is -3.29. The van der Waals surface area contributed by atoms with Gasteiger partial charge in [-0.1, -0.05) is 18.2 Å². The van der Waals surface area contributed by atoms with Gasteiger partial charge in [0, 0.05) is 6.54 Å². The number of furan rings is 1. The van der Waals surface area contributed by atoms with E-state index in [0.29, 0.717) is 11.5 Å². The second-order valence-electron chi connectivity index (χ2n) is 5.85. The zero-order chi connectivity index (χ0) is 20.1. The first-order chi connectivity index (χ1) is 13.3. The molecule has 0 atom stereocenters. The molecular formula is C20H15F4NO3. The van der Waals surface area contributed by atoms with Crippen molar-refractivity contribution in [3.8, 4) is 5.75 Å². The molecule has 0 fully saturated rings. The molecule has 3 rings (SSSR count). The van der Waals surface area contributed by atoms with E-state index < -0.39 is 23.5 Å². The fourth-order valence-electron chi connectivity index (χ4n) is 2.48. The summed E-state index contributed by atoms with van der Waals surface area (Å²) in [5, 5.41) is 2.41. The fourth-order valence-corrected chi connectivity index (χ4v) is 2.48. The van der Waals surface area contributed by atoms with Crippen LogP contribution in [-0.2, 0) is 19.3 Å². The van der Waals surface area contributed by atoms with Crippen LogP contribution in [0.3, 0.4) is 0 Å². The number of hydrogen-bond donors (Lipinski definition) is 1. The highest BCUT2D eigenvalue weighted by Gasteiger charge is 2.32. The molecule has 0 aliphatic carbocycles. The van der Waals surface area contributed by atoms with Gasteiger partial charge in [0.1, 0.15) is 23.9 Å². The summed E-state index contributed by atoms with van der Waals surface area (Å²) in [6, 6.07) is 13.3. The van der Waals surface area contributed by atoms with Gasteiger partial charge >= 0.3 is 6.18 Å². The van der Waals surface area contributed by atoms with E-state index in [0.717, 1.165) is 6.07 Å². The average Bonchev–Trinajstić information content (AvgIpc) is 3.14. The highest BCUT2D eigenvalue weighted by Crippen LogP contribution is 2.31. The number of hydrogen-bond acceptors (Lipinski definition) is 3. The van der Waals surface area contributed by atoms with Crippen LogP contribution in [0.5, 0.6) is 5.75 Å². The number of carbonyl (C=O) groups is 1. The highest BCUT2D eigenvalue weighted by molar-refractivity contribution is 5.91. The Morgan fingerprint density at radius 3 is 2.43 bits per heavy atom. The number of amides is 1. The van der Waals surface area contributed by atoms with Gasteiger partial charge in [-0.25, -0.2) is 4.39 Å². The van der Waals surface area contributed by atoms with E-state index >= 15 is 0 Å². The summed E-state index contributed by atoms with van der Waals surface area (Å²) in [5.41, 5.74) is -0.849. The van der Waals surface area contributed by atoms with Crippen LogP contribution in [0, 0.1) is 5.82 Å². The topological polar surface area (TPSA) is 51.5 Å². The molecule has 3 aromatic rings. The monoisotopic (exact) mass is 393 g/mol. The maximum Gasteiger partial charge on any atom is 0.416 e. The molecule has 0 bridgehead atoms. The first-order valence-corrected chi connectivity index (χ1v) is 8.23. The molecule has 0 saturated carbocycles. The Kier molecular flexibility index (Phi) is 5.67. The maximum absolute atomic E-state index is 13.0. The summed E-state index contributed by atoms with van der Waals surface area (Å²) >= 11 is 0. The minimum absolute atomic E-state index is 0.00974. The predicted octanol–water partition coefficient (Wildman–Crippen LogP) is 4.95. The van der Waals surface area contributed by atoms with Gasteiger partial charge in [-0.05, 0) is 48.0 Å². The van der Waals surface area contributed by atoms with Gasteiger partial charge in [0.25, 0.3) is 5.91 Å². The van der Waals surface area contributed by atoms with Gasteiger partial charge in [-0.2, -0.15) is 13.2 Å². The van der Waals surface area contributed by atoms with Crippen molar-refractivity contribution in [2.24, 2.45) is 0 Å². The average molecular weight is 393 g/mol. The van der Waals surface area contributed by atoms with E-state index in [-0.39, 0.29) is 24.5 Å². The van der Waals surface area contributed by atoms with E-state index in [9.17, 15) is 22.4 Å². The van der Waals surface area contributed by atoms with Crippen LogP contribution in [0.25, 0.3) is 0 Å². The molecule has 1 N–H and O–H groups in total. The molecule has 2 aromatic carbocycles. The molecule has 4 nitrogen and oxygen atoms in total. The Morgan fingerprint density at radius 1 is 1.00 bits per heavy atom. The number of rotatable bonds is 6. The molecule has 0 radical (unpaired) electrons. The molecule has 0 spiro atoms. The van der Waals surface area contributed by atoms with Crippen LogP contribution < -0.4 is 10.1 Å². The number of alkyl halides is 3. The molecule has 0 unspecified atom stereocenters. The largest absolute Gasteiger partial charge is 0.486 e. The summed E-state index contributed by atoms with van der Waals surface area (Å²) < 4.78 is 62.5. The second-order valence-corrected chi connectivity index (χ2v) is 5.85. The van der Waals surface area contributed by atoms with Gasteiger partial charge in [0.05, 0.1) is 5.56 Å². The Bertz CT molecular complexity index is 949. The number of nitrogens with one attached hydrogen (secondary N) is 1. The van der Waals surface area contributed by atoms with Gasteiger partial charge in [-0.15, -0.1) is 0 Å². The Morgan fingerprint density at radius 2 is 1.71 bits per heavy atom. The minimum atomic E-state index is -4.50. The predicted molar refractivity (Wildman–Crippen MR) is 92.1 cm³/mol. The fraction of sp³-hybridized carbons (Fsp3) is 0.150. The van der Waals surface area contributed by atoms with E-state index in [1.807, 2.05) is 0 Å². The summed E-state index contributed by atoms with van der Waals surface area (Å²) in [4.78, 5) is 12.1. The number of carbonyl (C=O) groups excluding carboxylic acids is 1. The molecule has 146 valence electrons. The van der Waals surface area contributed by atoms with Crippen molar-refractivity contribution in [3.63, 3.8) is 0 Å².